The second-order valence-electron chi connectivity index (χ2n) is 8.56. The summed E-state index contributed by atoms with van der Waals surface area (Å²) in [5, 5.41) is 5.00. The number of imidazole rings is 1. The van der Waals surface area contributed by atoms with Crippen LogP contribution in [-0.2, 0) is 11.2 Å². The van der Waals surface area contributed by atoms with Gasteiger partial charge in [-0.3, -0.25) is 9.59 Å². The van der Waals surface area contributed by atoms with E-state index in [1.54, 1.807) is 17.0 Å². The molecular weight excluding hydrogens is 489 g/mol. The molecule has 0 radical (unpaired) electrons. The van der Waals surface area contributed by atoms with Crippen molar-refractivity contribution in [1.82, 2.24) is 24.8 Å². The van der Waals surface area contributed by atoms with Gasteiger partial charge in [0.25, 0.3) is 5.91 Å². The average molecular weight is 512 g/mol. The van der Waals surface area contributed by atoms with E-state index >= 15 is 0 Å². The first-order chi connectivity index (χ1) is 16.9. The first-order valence-corrected chi connectivity index (χ1v) is 12.1. The number of nitrogens with zero attached hydrogens (tertiary/aromatic N) is 4. The smallest absolute Gasteiger partial charge is 0.255 e. The normalized spacial score (nSPS) is 14.5. The number of H-pyrrole nitrogens is 1. The van der Waals surface area contributed by atoms with Gasteiger partial charge in [0.1, 0.15) is 18.0 Å². The number of likely N-dealkylation sites (tertiary alicyclic amines) is 1. The van der Waals surface area contributed by atoms with Gasteiger partial charge in [-0.1, -0.05) is 23.2 Å². The van der Waals surface area contributed by atoms with E-state index in [-0.39, 0.29) is 17.7 Å². The summed E-state index contributed by atoms with van der Waals surface area (Å²) in [5.74, 6) is 0.765. The highest BCUT2D eigenvalue weighted by Crippen LogP contribution is 2.29. The Kier molecular flexibility index (Phi) is 6.44. The van der Waals surface area contributed by atoms with E-state index in [9.17, 15) is 9.59 Å². The molecule has 2 aromatic heterocycles. The highest BCUT2D eigenvalue weighted by atomic mass is 35.5. The summed E-state index contributed by atoms with van der Waals surface area (Å²) < 4.78 is 0. The highest BCUT2D eigenvalue weighted by Gasteiger charge is 2.27. The zero-order valence-electron chi connectivity index (χ0n) is 18.7. The maximum absolute atomic E-state index is 13.1. The zero-order valence-corrected chi connectivity index (χ0v) is 20.2. The number of carbonyl (C=O) groups is 2. The van der Waals surface area contributed by atoms with Gasteiger partial charge in [-0.15, -0.1) is 0 Å². The third-order valence-corrected chi connectivity index (χ3v) is 6.84. The number of nitrogens with two attached hydrogens (primary N) is 1. The van der Waals surface area contributed by atoms with E-state index in [4.69, 9.17) is 28.9 Å². The molecular formula is C24H23Cl2N7O2. The zero-order chi connectivity index (χ0) is 24.5. The maximum atomic E-state index is 13.1. The van der Waals surface area contributed by atoms with E-state index in [1.807, 2.05) is 18.2 Å². The van der Waals surface area contributed by atoms with E-state index in [0.29, 0.717) is 65.8 Å². The van der Waals surface area contributed by atoms with Gasteiger partial charge in [-0.05, 0) is 43.2 Å². The largest absolute Gasteiger partial charge is 0.369 e. The number of piperidine rings is 1. The van der Waals surface area contributed by atoms with Gasteiger partial charge >= 0.3 is 0 Å². The molecule has 2 aromatic carbocycles. The molecule has 0 atom stereocenters. The lowest BCUT2D eigenvalue weighted by atomic mass is 9.96. The fourth-order valence-corrected chi connectivity index (χ4v) is 4.78. The Morgan fingerprint density at radius 3 is 2.69 bits per heavy atom. The van der Waals surface area contributed by atoms with Crippen LogP contribution < -0.4 is 11.1 Å². The number of amides is 2. The number of primary amides is 1. The molecule has 1 fully saturated rings. The standard InChI is InChI=1S/C24H23Cl2N7O2/c25-14-1-2-18-20(9-14)32-21(31-18)3-6-28-23-16-10-17(26)15(11-19(16)29-12-30-23)24(35)33-7-4-13(5-8-33)22(27)34/h1-2,9-13H,3-8H2,(H2,27,34)(H,31,32)(H,28,29,30). The predicted molar refractivity (Wildman–Crippen MR) is 136 cm³/mol. The van der Waals surface area contributed by atoms with Crippen molar-refractivity contribution in [3.63, 3.8) is 0 Å². The number of anilines is 1. The summed E-state index contributed by atoms with van der Waals surface area (Å²) in [7, 11) is 0. The molecule has 3 heterocycles. The van der Waals surface area contributed by atoms with Crippen LogP contribution in [0, 0.1) is 5.92 Å². The number of aromatic amines is 1. The number of aromatic nitrogens is 4. The Morgan fingerprint density at radius 1 is 1.11 bits per heavy atom. The SMILES string of the molecule is NC(=O)C1CCN(C(=O)c2cc3ncnc(NCCc4nc5cc(Cl)ccc5[nH]4)c3cc2Cl)CC1. The Labute approximate surface area is 211 Å². The molecule has 0 aliphatic carbocycles. The van der Waals surface area contributed by atoms with Gasteiger partial charge in [-0.2, -0.15) is 0 Å². The van der Waals surface area contributed by atoms with Gasteiger partial charge in [0.05, 0.1) is 27.1 Å². The summed E-state index contributed by atoms with van der Waals surface area (Å²) in [6, 6.07) is 8.95. The third kappa shape index (κ3) is 4.87. The number of fused-ring (bicyclic) bond motifs is 2. The van der Waals surface area contributed by atoms with Crippen LogP contribution in [0.15, 0.2) is 36.7 Å². The third-order valence-electron chi connectivity index (χ3n) is 6.29. The molecule has 2 amide bonds. The van der Waals surface area contributed by atoms with Crippen LogP contribution in [0.4, 0.5) is 5.82 Å². The Balaban J connectivity index is 1.30. The molecule has 11 heteroatoms. The van der Waals surface area contributed by atoms with Crippen molar-refractivity contribution in [3.05, 3.63) is 58.1 Å². The second kappa shape index (κ2) is 9.67. The fourth-order valence-electron chi connectivity index (χ4n) is 4.37. The molecule has 4 aromatic rings. The van der Waals surface area contributed by atoms with E-state index in [2.05, 4.69) is 25.3 Å². The minimum atomic E-state index is -0.317. The van der Waals surface area contributed by atoms with Crippen LogP contribution >= 0.6 is 23.2 Å². The van der Waals surface area contributed by atoms with Crippen molar-refractivity contribution in [2.45, 2.75) is 19.3 Å². The predicted octanol–water partition coefficient (Wildman–Crippen LogP) is 3.81. The Hall–Kier alpha value is -3.43. The summed E-state index contributed by atoms with van der Waals surface area (Å²) in [6.07, 6.45) is 3.21. The first kappa shape index (κ1) is 23.3. The number of benzene rings is 2. The topological polar surface area (TPSA) is 130 Å². The van der Waals surface area contributed by atoms with Gasteiger partial charge in [0.2, 0.25) is 5.91 Å². The minimum absolute atomic E-state index is 0.182. The van der Waals surface area contributed by atoms with Crippen LogP contribution in [0.25, 0.3) is 21.9 Å². The molecule has 0 saturated carbocycles. The maximum Gasteiger partial charge on any atom is 0.255 e. The number of halogens is 2. The summed E-state index contributed by atoms with van der Waals surface area (Å²) >= 11 is 12.6. The molecule has 180 valence electrons. The number of hydrogen-bond acceptors (Lipinski definition) is 6. The van der Waals surface area contributed by atoms with Crippen LogP contribution in [0.5, 0.6) is 0 Å². The first-order valence-electron chi connectivity index (χ1n) is 11.3. The number of rotatable bonds is 6. The lowest BCUT2D eigenvalue weighted by Crippen LogP contribution is -2.41. The monoisotopic (exact) mass is 511 g/mol. The average Bonchev–Trinajstić information content (AvgIpc) is 3.25. The number of hydrogen-bond donors (Lipinski definition) is 3. The highest BCUT2D eigenvalue weighted by molar-refractivity contribution is 6.35. The number of carbonyl (C=O) groups excluding carboxylic acids is 2. The molecule has 1 saturated heterocycles. The van der Waals surface area contributed by atoms with E-state index in [1.165, 1.54) is 6.33 Å². The molecule has 1 aliphatic heterocycles. The lowest BCUT2D eigenvalue weighted by Gasteiger charge is -2.30. The Morgan fingerprint density at radius 2 is 1.91 bits per heavy atom. The molecule has 4 N–H and O–H groups in total. The van der Waals surface area contributed by atoms with Crippen LogP contribution in [0.1, 0.15) is 29.0 Å². The lowest BCUT2D eigenvalue weighted by molar-refractivity contribution is -0.123. The van der Waals surface area contributed by atoms with Crippen molar-refractivity contribution >= 4 is 62.8 Å². The molecule has 1 aliphatic rings. The quantitative estimate of drug-likeness (QED) is 0.360. The Bertz CT molecular complexity index is 1430. The van der Waals surface area contributed by atoms with Crippen molar-refractivity contribution in [3.8, 4) is 0 Å². The molecule has 0 spiro atoms. The second-order valence-corrected chi connectivity index (χ2v) is 9.41. The molecule has 5 rings (SSSR count). The van der Waals surface area contributed by atoms with Gasteiger partial charge in [-0.25, -0.2) is 15.0 Å². The van der Waals surface area contributed by atoms with Crippen molar-refractivity contribution in [1.29, 1.82) is 0 Å². The summed E-state index contributed by atoms with van der Waals surface area (Å²) in [5.41, 5.74) is 8.14. The van der Waals surface area contributed by atoms with Crippen LogP contribution in [-0.4, -0.2) is 56.3 Å². The molecule has 35 heavy (non-hydrogen) atoms. The molecule has 9 nitrogen and oxygen atoms in total. The van der Waals surface area contributed by atoms with Gasteiger partial charge in [0, 0.05) is 42.4 Å². The van der Waals surface area contributed by atoms with Gasteiger partial charge in [0.15, 0.2) is 0 Å². The summed E-state index contributed by atoms with van der Waals surface area (Å²) in [4.78, 5) is 42.8. The summed E-state index contributed by atoms with van der Waals surface area (Å²) in [6.45, 7) is 1.50. The van der Waals surface area contributed by atoms with Gasteiger partial charge < -0.3 is 20.9 Å². The molecule has 0 unspecified atom stereocenters. The minimum Gasteiger partial charge on any atom is -0.369 e. The number of nitrogens with one attached hydrogen (secondary N) is 2. The van der Waals surface area contributed by atoms with E-state index < -0.39 is 0 Å². The van der Waals surface area contributed by atoms with Crippen LogP contribution in [0.2, 0.25) is 10.0 Å². The van der Waals surface area contributed by atoms with E-state index in [0.717, 1.165) is 22.2 Å². The van der Waals surface area contributed by atoms with Crippen molar-refractivity contribution < 1.29 is 9.59 Å². The van der Waals surface area contributed by atoms with Crippen molar-refractivity contribution in [2.24, 2.45) is 11.7 Å². The van der Waals surface area contributed by atoms with Crippen molar-refractivity contribution in [2.75, 3.05) is 25.0 Å². The van der Waals surface area contributed by atoms with Crippen LogP contribution in [0.3, 0.4) is 0 Å². The molecule has 0 bridgehead atoms. The fraction of sp³-hybridized carbons (Fsp3) is 0.292.